The molecule has 0 bridgehead atoms. The molecule has 0 spiro atoms. The van der Waals surface area contributed by atoms with E-state index in [0.29, 0.717) is 5.92 Å². The number of hydrogen-bond acceptors (Lipinski definition) is 0. The monoisotopic (exact) mass is 170 g/mol. The lowest BCUT2D eigenvalue weighted by atomic mass is 9.84. The van der Waals surface area contributed by atoms with Crippen LogP contribution in [0.1, 0.15) is 13.8 Å². The molecule has 1 unspecified atom stereocenters. The van der Waals surface area contributed by atoms with Crippen molar-refractivity contribution in [3.05, 3.63) is 59.3 Å². The second kappa shape index (κ2) is 3.21. The van der Waals surface area contributed by atoms with E-state index in [-0.39, 0.29) is 0 Å². The molecule has 0 amide bonds. The van der Waals surface area contributed by atoms with E-state index in [1.807, 2.05) is 0 Å². The summed E-state index contributed by atoms with van der Waals surface area (Å²) in [6.07, 6.45) is 15.2. The molecule has 0 heterocycles. The van der Waals surface area contributed by atoms with Crippen LogP contribution in [0.4, 0.5) is 0 Å². The Morgan fingerprint density at radius 1 is 0.923 bits per heavy atom. The number of rotatable bonds is 0. The Morgan fingerprint density at radius 2 is 1.69 bits per heavy atom. The van der Waals surface area contributed by atoms with Crippen LogP contribution in [-0.2, 0) is 0 Å². The van der Waals surface area contributed by atoms with Gasteiger partial charge >= 0.3 is 0 Å². The van der Waals surface area contributed by atoms with Crippen molar-refractivity contribution in [2.75, 3.05) is 0 Å². The number of hydrogen-bond donors (Lipinski definition) is 0. The van der Waals surface area contributed by atoms with E-state index < -0.39 is 0 Å². The molecule has 0 aromatic rings. The Kier molecular flexibility index (Phi) is 2.05. The molecule has 0 heteroatoms. The van der Waals surface area contributed by atoms with E-state index in [1.165, 1.54) is 16.7 Å². The van der Waals surface area contributed by atoms with Gasteiger partial charge in [-0.3, -0.25) is 0 Å². The van der Waals surface area contributed by atoms with Gasteiger partial charge in [0.25, 0.3) is 0 Å². The maximum atomic E-state index is 2.26. The van der Waals surface area contributed by atoms with E-state index in [1.54, 1.807) is 0 Å². The standard InChI is InChI=1S/C13H14/c1-10-6-3-4-8-12-11(2)7-5-9-13(10)12/h3-9,13H,1-2H3. The van der Waals surface area contributed by atoms with Crippen molar-refractivity contribution >= 4 is 0 Å². The van der Waals surface area contributed by atoms with Gasteiger partial charge in [0.05, 0.1) is 0 Å². The molecule has 0 saturated heterocycles. The molecule has 1 atom stereocenters. The first-order valence-corrected chi connectivity index (χ1v) is 4.69. The first kappa shape index (κ1) is 8.31. The van der Waals surface area contributed by atoms with Crippen molar-refractivity contribution in [1.29, 1.82) is 0 Å². The predicted octanol–water partition coefficient (Wildman–Crippen LogP) is 3.56. The highest BCUT2D eigenvalue weighted by molar-refractivity contribution is 5.48. The van der Waals surface area contributed by atoms with E-state index in [2.05, 4.69) is 56.4 Å². The number of fused-ring (bicyclic) bond motifs is 1. The van der Waals surface area contributed by atoms with E-state index in [4.69, 9.17) is 0 Å². The van der Waals surface area contributed by atoms with Crippen LogP contribution in [0.15, 0.2) is 59.3 Å². The lowest BCUT2D eigenvalue weighted by Gasteiger charge is -2.20. The summed E-state index contributed by atoms with van der Waals surface area (Å²) in [4.78, 5) is 0. The first-order chi connectivity index (χ1) is 6.29. The van der Waals surface area contributed by atoms with E-state index >= 15 is 0 Å². The minimum absolute atomic E-state index is 0.500. The molecule has 2 aliphatic carbocycles. The van der Waals surface area contributed by atoms with E-state index in [9.17, 15) is 0 Å². The van der Waals surface area contributed by atoms with Crippen molar-refractivity contribution in [2.24, 2.45) is 5.92 Å². The molecule has 0 fully saturated rings. The Bertz CT molecular complexity index is 359. The van der Waals surface area contributed by atoms with Crippen LogP contribution in [0.2, 0.25) is 0 Å². The molecule has 13 heavy (non-hydrogen) atoms. The summed E-state index contributed by atoms with van der Waals surface area (Å²) in [5.74, 6) is 0.500. The highest BCUT2D eigenvalue weighted by Crippen LogP contribution is 2.31. The lowest BCUT2D eigenvalue weighted by molar-refractivity contribution is 0.892. The highest BCUT2D eigenvalue weighted by atomic mass is 14.2. The van der Waals surface area contributed by atoms with Gasteiger partial charge in [0.15, 0.2) is 0 Å². The van der Waals surface area contributed by atoms with Crippen molar-refractivity contribution < 1.29 is 0 Å². The second-order valence-electron chi connectivity index (χ2n) is 3.63. The minimum Gasteiger partial charge on any atom is -0.0730 e. The molecule has 0 aliphatic heterocycles. The summed E-state index contributed by atoms with van der Waals surface area (Å²) in [6, 6.07) is 0. The van der Waals surface area contributed by atoms with Crippen LogP contribution in [0, 0.1) is 5.92 Å². The van der Waals surface area contributed by atoms with Gasteiger partial charge in [0, 0.05) is 5.92 Å². The molecular weight excluding hydrogens is 156 g/mol. The minimum atomic E-state index is 0.500. The molecule has 0 N–H and O–H groups in total. The molecule has 2 aliphatic rings. The second-order valence-corrected chi connectivity index (χ2v) is 3.63. The van der Waals surface area contributed by atoms with Gasteiger partial charge in [0.1, 0.15) is 0 Å². The van der Waals surface area contributed by atoms with Gasteiger partial charge < -0.3 is 0 Å². The Balaban J connectivity index is 2.48. The third-order valence-corrected chi connectivity index (χ3v) is 2.68. The van der Waals surface area contributed by atoms with Gasteiger partial charge in [-0.15, -0.1) is 0 Å². The van der Waals surface area contributed by atoms with Crippen LogP contribution in [-0.4, -0.2) is 0 Å². The van der Waals surface area contributed by atoms with Gasteiger partial charge in [-0.05, 0) is 25.0 Å². The lowest BCUT2D eigenvalue weighted by Crippen LogP contribution is -2.06. The summed E-state index contributed by atoms with van der Waals surface area (Å²) in [7, 11) is 0. The average molecular weight is 170 g/mol. The Morgan fingerprint density at radius 3 is 2.54 bits per heavy atom. The topological polar surface area (TPSA) is 0 Å². The molecule has 0 nitrogen and oxygen atoms in total. The van der Waals surface area contributed by atoms with Crippen LogP contribution >= 0.6 is 0 Å². The third-order valence-electron chi connectivity index (χ3n) is 2.68. The largest absolute Gasteiger partial charge is 0.0730 e. The zero-order chi connectivity index (χ0) is 9.26. The van der Waals surface area contributed by atoms with Crippen molar-refractivity contribution in [3.8, 4) is 0 Å². The fourth-order valence-electron chi connectivity index (χ4n) is 1.86. The fourth-order valence-corrected chi connectivity index (χ4v) is 1.86. The maximum Gasteiger partial charge on any atom is 0.0234 e. The normalized spacial score (nSPS) is 25.7. The van der Waals surface area contributed by atoms with Gasteiger partial charge in [0.2, 0.25) is 0 Å². The highest BCUT2D eigenvalue weighted by Gasteiger charge is 2.16. The molecule has 0 aromatic carbocycles. The molecule has 66 valence electrons. The Hall–Kier alpha value is -1.30. The van der Waals surface area contributed by atoms with Crippen molar-refractivity contribution in [1.82, 2.24) is 0 Å². The summed E-state index contributed by atoms with van der Waals surface area (Å²) in [5.41, 5.74) is 4.24. The van der Waals surface area contributed by atoms with Crippen molar-refractivity contribution in [2.45, 2.75) is 13.8 Å². The van der Waals surface area contributed by atoms with Crippen LogP contribution < -0.4 is 0 Å². The molecular formula is C13H14. The van der Waals surface area contributed by atoms with E-state index in [0.717, 1.165) is 0 Å². The van der Waals surface area contributed by atoms with Crippen LogP contribution in [0.5, 0.6) is 0 Å². The quantitative estimate of drug-likeness (QED) is 0.521. The zero-order valence-electron chi connectivity index (χ0n) is 8.12. The summed E-state index contributed by atoms with van der Waals surface area (Å²) >= 11 is 0. The average Bonchev–Trinajstić information content (AvgIpc) is 2.30. The SMILES string of the molecule is CC1=CC=CC2C(C)=CC=CC=C12. The molecule has 0 aromatic heterocycles. The molecule has 2 rings (SSSR count). The summed E-state index contributed by atoms with van der Waals surface area (Å²) < 4.78 is 0. The van der Waals surface area contributed by atoms with Gasteiger partial charge in [-0.25, -0.2) is 0 Å². The predicted molar refractivity (Wildman–Crippen MR) is 57.4 cm³/mol. The zero-order valence-corrected chi connectivity index (χ0v) is 8.12. The molecule has 0 saturated carbocycles. The maximum absolute atomic E-state index is 2.26. The van der Waals surface area contributed by atoms with Crippen LogP contribution in [0.25, 0.3) is 0 Å². The first-order valence-electron chi connectivity index (χ1n) is 4.69. The Labute approximate surface area is 79.7 Å². The van der Waals surface area contributed by atoms with Gasteiger partial charge in [-0.1, -0.05) is 48.1 Å². The number of allylic oxidation sites excluding steroid dienone is 10. The summed E-state index contributed by atoms with van der Waals surface area (Å²) in [6.45, 7) is 4.37. The summed E-state index contributed by atoms with van der Waals surface area (Å²) in [5, 5.41) is 0. The smallest absolute Gasteiger partial charge is 0.0234 e. The van der Waals surface area contributed by atoms with Crippen LogP contribution in [0.3, 0.4) is 0 Å². The third kappa shape index (κ3) is 1.44. The molecule has 0 radical (unpaired) electrons. The fraction of sp³-hybridized carbons (Fsp3) is 0.231. The van der Waals surface area contributed by atoms with Crippen molar-refractivity contribution in [3.63, 3.8) is 0 Å². The van der Waals surface area contributed by atoms with Gasteiger partial charge in [-0.2, -0.15) is 0 Å².